The third kappa shape index (κ3) is 4.07. The molecule has 0 saturated carbocycles. The van der Waals surface area contributed by atoms with Crippen LogP contribution in [0.15, 0.2) is 44.6 Å². The quantitative estimate of drug-likeness (QED) is 0.463. The Morgan fingerprint density at radius 1 is 1.24 bits per heavy atom. The molecule has 1 aliphatic heterocycles. The molecule has 0 aliphatic carbocycles. The average Bonchev–Trinajstić information content (AvgIpc) is 2.52. The monoisotopic (exact) mass is 450 g/mol. The minimum Gasteiger partial charge on any atom is -0.352 e. The molecule has 2 N–H and O–H groups in total. The minimum absolute atomic E-state index is 0.0171. The van der Waals surface area contributed by atoms with Gasteiger partial charge in [-0.2, -0.15) is 13.2 Å². The molecule has 1 aliphatic rings. The van der Waals surface area contributed by atoms with E-state index in [2.05, 4.69) is 26.6 Å². The maximum absolute atomic E-state index is 13.2. The van der Waals surface area contributed by atoms with Crippen molar-refractivity contribution < 1.29 is 18.0 Å². The first kappa shape index (κ1) is 18.4. The number of hydrogen-bond acceptors (Lipinski definition) is 3. The Bertz CT molecular complexity index is 845. The van der Waals surface area contributed by atoms with Crippen molar-refractivity contribution in [3.63, 3.8) is 0 Å². The van der Waals surface area contributed by atoms with Gasteiger partial charge in [0.1, 0.15) is 0 Å². The van der Waals surface area contributed by atoms with Crippen molar-refractivity contribution >= 4 is 62.3 Å². The van der Waals surface area contributed by atoms with E-state index in [4.69, 9.17) is 11.6 Å². The minimum atomic E-state index is -4.51. The molecule has 0 radical (unpaired) electrons. The zero-order chi connectivity index (χ0) is 18.2. The molecule has 0 saturated heterocycles. The van der Waals surface area contributed by atoms with E-state index in [9.17, 15) is 18.0 Å². The maximum Gasteiger partial charge on any atom is 0.416 e. The van der Waals surface area contributed by atoms with Gasteiger partial charge in [0, 0.05) is 26.6 Å². The van der Waals surface area contributed by atoms with E-state index in [0.717, 1.165) is 27.2 Å². The molecule has 25 heavy (non-hydrogen) atoms. The molecule has 132 valence electrons. The van der Waals surface area contributed by atoms with Crippen LogP contribution in [0, 0.1) is 0 Å². The topological polar surface area (TPSA) is 41.1 Å². The van der Waals surface area contributed by atoms with Crippen molar-refractivity contribution in [2.24, 2.45) is 0 Å². The summed E-state index contributed by atoms with van der Waals surface area (Å²) in [5, 5.41) is 5.62. The van der Waals surface area contributed by atoms with Crippen molar-refractivity contribution in [2.75, 3.05) is 16.5 Å². The SMILES string of the molecule is O=C(CCCl)Nc1cc(C(F)(F)F)cc2c1Nc1ccc(Br)cc1S2. The van der Waals surface area contributed by atoms with E-state index in [-0.39, 0.29) is 18.0 Å². The normalized spacial score (nSPS) is 12.8. The fourth-order valence-electron chi connectivity index (χ4n) is 2.32. The first-order chi connectivity index (χ1) is 11.8. The molecule has 0 bridgehead atoms. The van der Waals surface area contributed by atoms with Crippen LogP contribution in [-0.2, 0) is 11.0 Å². The first-order valence-corrected chi connectivity index (χ1v) is 9.28. The van der Waals surface area contributed by atoms with Gasteiger partial charge in [-0.15, -0.1) is 11.6 Å². The lowest BCUT2D eigenvalue weighted by Crippen LogP contribution is -2.16. The van der Waals surface area contributed by atoms with Crippen molar-refractivity contribution in [1.82, 2.24) is 0 Å². The smallest absolute Gasteiger partial charge is 0.352 e. The van der Waals surface area contributed by atoms with Crippen LogP contribution in [0.2, 0.25) is 0 Å². The maximum atomic E-state index is 13.2. The van der Waals surface area contributed by atoms with Crippen molar-refractivity contribution in [2.45, 2.75) is 22.4 Å². The third-order valence-electron chi connectivity index (χ3n) is 3.45. The van der Waals surface area contributed by atoms with Crippen LogP contribution in [0.1, 0.15) is 12.0 Å². The summed E-state index contributed by atoms with van der Waals surface area (Å²) in [5.74, 6) is -0.351. The predicted octanol–water partition coefficient (Wildman–Crippen LogP) is 6.24. The van der Waals surface area contributed by atoms with E-state index in [1.54, 1.807) is 0 Å². The van der Waals surface area contributed by atoms with Crippen LogP contribution in [0.3, 0.4) is 0 Å². The molecule has 0 unspecified atom stereocenters. The van der Waals surface area contributed by atoms with Crippen molar-refractivity contribution in [3.05, 3.63) is 40.4 Å². The van der Waals surface area contributed by atoms with Crippen LogP contribution < -0.4 is 10.6 Å². The molecule has 2 aromatic rings. The van der Waals surface area contributed by atoms with Crippen molar-refractivity contribution in [3.8, 4) is 0 Å². The molecule has 2 aromatic carbocycles. The Balaban J connectivity index is 2.07. The Morgan fingerprint density at radius 3 is 2.68 bits per heavy atom. The second-order valence-corrected chi connectivity index (χ2v) is 7.63. The van der Waals surface area contributed by atoms with E-state index < -0.39 is 17.6 Å². The van der Waals surface area contributed by atoms with Gasteiger partial charge in [-0.1, -0.05) is 27.7 Å². The standard InChI is InChI=1S/C16H11BrClF3N2OS/c17-9-1-2-10-12(7-9)25-13-6-8(16(19,20)21)5-11(15(13)23-10)22-14(24)3-4-18/h1-2,5-7,23H,3-4H2,(H,22,24). The number of hydrogen-bond donors (Lipinski definition) is 2. The molecule has 3 nitrogen and oxygen atoms in total. The van der Waals surface area contributed by atoms with E-state index in [1.807, 2.05) is 18.2 Å². The van der Waals surface area contributed by atoms with Gasteiger partial charge in [-0.3, -0.25) is 4.79 Å². The second-order valence-electron chi connectivity index (χ2n) is 5.25. The molecule has 1 amide bonds. The predicted molar refractivity (Wildman–Crippen MR) is 97.0 cm³/mol. The first-order valence-electron chi connectivity index (χ1n) is 7.13. The molecule has 0 spiro atoms. The third-order valence-corrected chi connectivity index (χ3v) is 5.23. The van der Waals surface area contributed by atoms with Gasteiger partial charge < -0.3 is 10.6 Å². The number of halogens is 5. The highest BCUT2D eigenvalue weighted by atomic mass is 79.9. The Kier molecular flexibility index (Phi) is 5.22. The zero-order valence-corrected chi connectivity index (χ0v) is 15.7. The fourth-order valence-corrected chi connectivity index (χ4v) is 4.11. The van der Waals surface area contributed by atoms with E-state index in [1.165, 1.54) is 11.8 Å². The number of alkyl halides is 4. The van der Waals surface area contributed by atoms with Gasteiger partial charge in [0.25, 0.3) is 0 Å². The van der Waals surface area contributed by atoms with Crippen LogP contribution in [-0.4, -0.2) is 11.8 Å². The number of amides is 1. The van der Waals surface area contributed by atoms with Gasteiger partial charge in [-0.25, -0.2) is 0 Å². The highest BCUT2D eigenvalue weighted by Gasteiger charge is 2.33. The number of benzene rings is 2. The molecule has 0 atom stereocenters. The summed E-state index contributed by atoms with van der Waals surface area (Å²) in [6.07, 6.45) is -4.50. The number of carbonyl (C=O) groups is 1. The summed E-state index contributed by atoms with van der Waals surface area (Å²) in [4.78, 5) is 13.0. The van der Waals surface area contributed by atoms with Gasteiger partial charge in [-0.05, 0) is 30.3 Å². The van der Waals surface area contributed by atoms with Gasteiger partial charge in [0.05, 0.1) is 22.6 Å². The van der Waals surface area contributed by atoms with E-state index in [0.29, 0.717) is 10.6 Å². The highest BCUT2D eigenvalue weighted by molar-refractivity contribution is 9.10. The van der Waals surface area contributed by atoms with Gasteiger partial charge >= 0.3 is 6.18 Å². The zero-order valence-electron chi connectivity index (χ0n) is 12.5. The Labute approximate surface area is 159 Å². The molecular formula is C16H11BrClF3N2OS. The second kappa shape index (κ2) is 7.09. The number of nitrogens with one attached hydrogen (secondary N) is 2. The van der Waals surface area contributed by atoms with Crippen LogP contribution in [0.5, 0.6) is 0 Å². The number of anilines is 3. The van der Waals surface area contributed by atoms with Crippen LogP contribution in [0.25, 0.3) is 0 Å². The van der Waals surface area contributed by atoms with Gasteiger partial charge in [0.2, 0.25) is 5.91 Å². The number of fused-ring (bicyclic) bond motifs is 2. The molecule has 3 rings (SSSR count). The summed E-state index contributed by atoms with van der Waals surface area (Å²) in [5.41, 5.74) is 0.463. The largest absolute Gasteiger partial charge is 0.416 e. The lowest BCUT2D eigenvalue weighted by Gasteiger charge is -2.25. The van der Waals surface area contributed by atoms with Crippen LogP contribution in [0.4, 0.5) is 30.2 Å². The summed E-state index contributed by atoms with van der Waals surface area (Å²) >= 11 is 10.1. The van der Waals surface area contributed by atoms with Crippen molar-refractivity contribution in [1.29, 1.82) is 0 Å². The lowest BCUT2D eigenvalue weighted by molar-refractivity contribution is -0.137. The summed E-state index contributed by atoms with van der Waals surface area (Å²) in [6.45, 7) is 0. The van der Waals surface area contributed by atoms with Gasteiger partial charge in [0.15, 0.2) is 0 Å². The number of rotatable bonds is 3. The van der Waals surface area contributed by atoms with E-state index >= 15 is 0 Å². The Hall–Kier alpha value is -1.38. The number of carbonyl (C=O) groups excluding carboxylic acids is 1. The lowest BCUT2D eigenvalue weighted by atomic mass is 10.1. The fraction of sp³-hybridized carbons (Fsp3) is 0.188. The molecule has 1 heterocycles. The van der Waals surface area contributed by atoms with Crippen LogP contribution >= 0.6 is 39.3 Å². The molecule has 0 aromatic heterocycles. The molecule has 0 fully saturated rings. The summed E-state index contributed by atoms with van der Waals surface area (Å²) < 4.78 is 40.5. The molecular weight excluding hydrogens is 441 g/mol. The summed E-state index contributed by atoms with van der Waals surface area (Å²) in [7, 11) is 0. The average molecular weight is 452 g/mol. The summed E-state index contributed by atoms with van der Waals surface area (Å²) in [6, 6.07) is 7.48. The Morgan fingerprint density at radius 2 is 2.00 bits per heavy atom. The molecule has 9 heteroatoms. The highest BCUT2D eigenvalue weighted by Crippen LogP contribution is 2.50.